The summed E-state index contributed by atoms with van der Waals surface area (Å²) in [7, 11) is -3.22. The van der Waals surface area contributed by atoms with Crippen LogP contribution in [0, 0.1) is 0 Å². The summed E-state index contributed by atoms with van der Waals surface area (Å²) in [6, 6.07) is 26.0. The highest BCUT2D eigenvalue weighted by atomic mass is 32.2. The summed E-state index contributed by atoms with van der Waals surface area (Å²) in [5.41, 5.74) is 5.55. The first-order chi connectivity index (χ1) is 21.1. The minimum Gasteiger partial charge on any atom is -0.486 e. The lowest BCUT2D eigenvalue weighted by molar-refractivity contribution is 0.0707. The van der Waals surface area contributed by atoms with Gasteiger partial charge in [0, 0.05) is 25.2 Å². The molecule has 0 spiro atoms. The normalized spacial score (nSPS) is 17.4. The van der Waals surface area contributed by atoms with Gasteiger partial charge in [0.05, 0.1) is 19.6 Å². The Morgan fingerprint density at radius 3 is 1.48 bits per heavy atom. The first-order valence-electron chi connectivity index (χ1n) is 13.9. The SMILES string of the molecule is CN(C)CC1COc2ccc(S(=O)(=O)c3ccccc3)cc2O1.NCC1COc2ccc(S(=O)(=O)c3ccccc3)cc2O1. The highest BCUT2D eigenvalue weighted by Crippen LogP contribution is 2.36. The van der Waals surface area contributed by atoms with Crippen molar-refractivity contribution in [2.75, 3.05) is 40.4 Å². The molecule has 0 fully saturated rings. The quantitative estimate of drug-likeness (QED) is 0.318. The van der Waals surface area contributed by atoms with Gasteiger partial charge in [-0.05, 0) is 62.6 Å². The van der Waals surface area contributed by atoms with Gasteiger partial charge in [-0.15, -0.1) is 0 Å². The van der Waals surface area contributed by atoms with Crippen LogP contribution in [0.3, 0.4) is 0 Å². The fourth-order valence-electron chi connectivity index (χ4n) is 4.61. The summed E-state index contributed by atoms with van der Waals surface area (Å²) in [5.74, 6) is 1.99. The van der Waals surface area contributed by atoms with E-state index in [1.165, 1.54) is 12.1 Å². The van der Waals surface area contributed by atoms with Crippen molar-refractivity contribution in [3.05, 3.63) is 97.1 Å². The molecule has 2 unspecified atom stereocenters. The van der Waals surface area contributed by atoms with E-state index >= 15 is 0 Å². The molecule has 232 valence electrons. The van der Waals surface area contributed by atoms with Gasteiger partial charge < -0.3 is 29.6 Å². The van der Waals surface area contributed by atoms with Crippen LogP contribution in [-0.4, -0.2) is 74.3 Å². The van der Waals surface area contributed by atoms with Crippen LogP contribution >= 0.6 is 0 Å². The first-order valence-corrected chi connectivity index (χ1v) is 16.9. The standard InChI is InChI=1S/C17H19NO4S.C15H15NO4S/c1-18(2)11-13-12-21-16-9-8-15(10-17(16)22-13)23(19,20)14-6-4-3-5-7-14;16-9-11-10-19-14-7-6-13(8-15(14)20-11)21(17,18)12-4-2-1-3-5-12/h3-10,13H,11-12H2,1-2H3;1-8,11H,9-10,16H2. The molecule has 0 amide bonds. The zero-order valence-electron chi connectivity index (χ0n) is 24.3. The number of ether oxygens (including phenoxy) is 4. The molecule has 0 saturated heterocycles. The van der Waals surface area contributed by atoms with Gasteiger partial charge in [-0.2, -0.15) is 0 Å². The van der Waals surface area contributed by atoms with Crippen LogP contribution in [0.5, 0.6) is 23.0 Å². The van der Waals surface area contributed by atoms with Crippen LogP contribution in [0.15, 0.2) is 117 Å². The van der Waals surface area contributed by atoms with E-state index in [1.54, 1.807) is 84.9 Å². The fraction of sp³-hybridized carbons (Fsp3) is 0.250. The lowest BCUT2D eigenvalue weighted by Crippen LogP contribution is -2.38. The first kappa shape index (κ1) is 31.3. The Morgan fingerprint density at radius 1 is 0.614 bits per heavy atom. The van der Waals surface area contributed by atoms with Crippen molar-refractivity contribution in [2.45, 2.75) is 31.8 Å². The molecule has 4 aromatic rings. The fourth-order valence-corrected chi connectivity index (χ4v) is 7.21. The minimum absolute atomic E-state index is 0.118. The largest absolute Gasteiger partial charge is 0.486 e. The van der Waals surface area contributed by atoms with E-state index in [2.05, 4.69) is 0 Å². The van der Waals surface area contributed by atoms with E-state index in [1.807, 2.05) is 19.0 Å². The molecule has 6 rings (SSSR count). The Kier molecular flexibility index (Phi) is 9.45. The predicted octanol–water partition coefficient (Wildman–Crippen LogP) is 3.84. The highest BCUT2D eigenvalue weighted by molar-refractivity contribution is 7.91. The third-order valence-corrected chi connectivity index (χ3v) is 10.4. The zero-order valence-corrected chi connectivity index (χ0v) is 26.0. The number of rotatable bonds is 7. The maximum absolute atomic E-state index is 12.7. The summed E-state index contributed by atoms with van der Waals surface area (Å²) < 4.78 is 73.1. The van der Waals surface area contributed by atoms with E-state index in [-0.39, 0.29) is 31.8 Å². The van der Waals surface area contributed by atoms with Gasteiger partial charge in [-0.25, -0.2) is 16.8 Å². The van der Waals surface area contributed by atoms with Crippen LogP contribution in [0.25, 0.3) is 0 Å². The van der Waals surface area contributed by atoms with Crippen molar-refractivity contribution in [3.63, 3.8) is 0 Å². The average molecular weight is 639 g/mol. The molecule has 44 heavy (non-hydrogen) atoms. The molecule has 0 aliphatic carbocycles. The molecule has 12 heteroatoms. The Morgan fingerprint density at radius 2 is 1.05 bits per heavy atom. The molecular weight excluding hydrogens is 604 g/mol. The Labute approximate surface area is 257 Å². The van der Waals surface area contributed by atoms with Crippen molar-refractivity contribution in [1.29, 1.82) is 0 Å². The molecule has 0 radical (unpaired) electrons. The van der Waals surface area contributed by atoms with E-state index in [0.717, 1.165) is 0 Å². The topological polar surface area (TPSA) is 134 Å². The maximum Gasteiger partial charge on any atom is 0.206 e. The molecule has 4 aromatic carbocycles. The van der Waals surface area contributed by atoms with Crippen LogP contribution < -0.4 is 24.7 Å². The number of sulfone groups is 2. The maximum atomic E-state index is 12.7. The number of fused-ring (bicyclic) bond motifs is 2. The van der Waals surface area contributed by atoms with Gasteiger partial charge in [-0.3, -0.25) is 0 Å². The predicted molar refractivity (Wildman–Crippen MR) is 164 cm³/mol. The zero-order chi connectivity index (χ0) is 31.3. The molecule has 2 N–H and O–H groups in total. The van der Waals surface area contributed by atoms with Gasteiger partial charge in [0.2, 0.25) is 19.7 Å². The van der Waals surface area contributed by atoms with Crippen molar-refractivity contribution < 1.29 is 35.8 Å². The summed E-state index contributed by atoms with van der Waals surface area (Å²) in [4.78, 5) is 2.90. The summed E-state index contributed by atoms with van der Waals surface area (Å²) >= 11 is 0. The average Bonchev–Trinajstić information content (AvgIpc) is 3.04. The minimum atomic E-state index is -3.56. The molecule has 2 atom stereocenters. The van der Waals surface area contributed by atoms with Crippen LogP contribution in [0.1, 0.15) is 0 Å². The van der Waals surface area contributed by atoms with Gasteiger partial charge >= 0.3 is 0 Å². The number of hydrogen-bond donors (Lipinski definition) is 1. The molecule has 2 aliphatic heterocycles. The highest BCUT2D eigenvalue weighted by Gasteiger charge is 2.26. The smallest absolute Gasteiger partial charge is 0.206 e. The van der Waals surface area contributed by atoms with Gasteiger partial charge in [-0.1, -0.05) is 36.4 Å². The van der Waals surface area contributed by atoms with Gasteiger partial charge in [0.25, 0.3) is 0 Å². The molecule has 2 heterocycles. The summed E-state index contributed by atoms with van der Waals surface area (Å²) in [6.45, 7) is 1.84. The number of nitrogens with zero attached hydrogens (tertiary/aromatic N) is 1. The molecule has 0 saturated carbocycles. The third-order valence-electron chi connectivity index (χ3n) is 6.83. The second kappa shape index (κ2) is 13.3. The summed E-state index contributed by atoms with van der Waals surface area (Å²) in [5, 5.41) is 0. The number of benzene rings is 4. The molecule has 0 bridgehead atoms. The van der Waals surface area contributed by atoms with Crippen LogP contribution in [0.4, 0.5) is 0 Å². The Bertz CT molecular complexity index is 1800. The van der Waals surface area contributed by atoms with Crippen molar-refractivity contribution in [3.8, 4) is 23.0 Å². The van der Waals surface area contributed by atoms with Crippen LogP contribution in [-0.2, 0) is 19.7 Å². The number of likely N-dealkylation sites (N-methyl/N-ethyl adjacent to an activating group) is 1. The van der Waals surface area contributed by atoms with Crippen LogP contribution in [0.2, 0.25) is 0 Å². The molecule has 2 aliphatic rings. The van der Waals surface area contributed by atoms with E-state index < -0.39 is 19.7 Å². The number of hydrogen-bond acceptors (Lipinski definition) is 10. The van der Waals surface area contributed by atoms with E-state index in [4.69, 9.17) is 24.7 Å². The third kappa shape index (κ3) is 6.99. The second-order valence-electron chi connectivity index (χ2n) is 10.4. The van der Waals surface area contributed by atoms with Gasteiger partial charge in [0.1, 0.15) is 25.4 Å². The lowest BCUT2D eigenvalue weighted by atomic mass is 10.2. The van der Waals surface area contributed by atoms with Crippen molar-refractivity contribution >= 4 is 19.7 Å². The number of nitrogens with two attached hydrogens (primary N) is 1. The van der Waals surface area contributed by atoms with Crippen molar-refractivity contribution in [2.24, 2.45) is 5.73 Å². The Hall–Kier alpha value is -4.10. The van der Waals surface area contributed by atoms with Crippen molar-refractivity contribution in [1.82, 2.24) is 4.90 Å². The Balaban J connectivity index is 0.000000175. The summed E-state index contributed by atoms with van der Waals surface area (Å²) in [6.07, 6.45) is -0.376. The van der Waals surface area contributed by atoms with Gasteiger partial charge in [0.15, 0.2) is 23.0 Å². The second-order valence-corrected chi connectivity index (χ2v) is 14.3. The molecular formula is C32H34N2O8S2. The van der Waals surface area contributed by atoms with E-state index in [0.29, 0.717) is 49.3 Å². The monoisotopic (exact) mass is 638 g/mol. The molecule has 0 aromatic heterocycles. The van der Waals surface area contributed by atoms with E-state index in [9.17, 15) is 16.8 Å². The lowest BCUT2D eigenvalue weighted by Gasteiger charge is -2.28. The molecule has 10 nitrogen and oxygen atoms in total.